The normalized spacial score (nSPS) is 15.2. The van der Waals surface area contributed by atoms with Gasteiger partial charge in [-0.05, 0) is 24.3 Å². The van der Waals surface area contributed by atoms with E-state index in [0.717, 1.165) is 64.9 Å². The second-order valence-corrected chi connectivity index (χ2v) is 7.55. The van der Waals surface area contributed by atoms with E-state index in [2.05, 4.69) is 34.1 Å². The molecule has 3 aliphatic rings. The third-order valence-electron chi connectivity index (χ3n) is 5.62. The zero-order valence-electron chi connectivity index (χ0n) is 16.9. The van der Waals surface area contributed by atoms with Crippen molar-refractivity contribution in [2.45, 2.75) is 0 Å². The fourth-order valence-corrected chi connectivity index (χ4v) is 4.08. The molecule has 1 fully saturated rings. The van der Waals surface area contributed by atoms with Gasteiger partial charge in [0.05, 0.1) is 18.6 Å². The number of rotatable bonds is 2. The Morgan fingerprint density at radius 1 is 0.871 bits per heavy atom. The molecule has 3 heterocycles. The highest BCUT2D eigenvalue weighted by molar-refractivity contribution is 5.96. The van der Waals surface area contributed by atoms with Crippen LogP contribution >= 0.6 is 0 Å². The Labute approximate surface area is 178 Å². The Hall–Kier alpha value is -3.77. The number of aromatic nitrogens is 2. The second-order valence-electron chi connectivity index (χ2n) is 7.55. The maximum absolute atomic E-state index is 6.36. The zero-order valence-corrected chi connectivity index (χ0v) is 16.9. The van der Waals surface area contributed by atoms with Crippen molar-refractivity contribution < 1.29 is 9.15 Å². The van der Waals surface area contributed by atoms with Crippen molar-refractivity contribution in [2.75, 3.05) is 31.2 Å². The summed E-state index contributed by atoms with van der Waals surface area (Å²) in [7, 11) is 0. The lowest BCUT2D eigenvalue weighted by atomic mass is 10.0. The van der Waals surface area contributed by atoms with E-state index in [0.29, 0.717) is 11.6 Å². The summed E-state index contributed by atoms with van der Waals surface area (Å²) in [5, 5.41) is 2.85. The maximum Gasteiger partial charge on any atom is 0.155 e. The molecule has 3 aromatic rings. The van der Waals surface area contributed by atoms with Gasteiger partial charge in [0, 0.05) is 47.9 Å². The van der Waals surface area contributed by atoms with Crippen LogP contribution in [0.2, 0.25) is 0 Å². The number of anilines is 1. The predicted molar refractivity (Wildman–Crippen MR) is 121 cm³/mol. The molecule has 6 rings (SSSR count). The Morgan fingerprint density at radius 3 is 2.55 bits per heavy atom. The highest BCUT2D eigenvalue weighted by Gasteiger charge is 2.17. The van der Waals surface area contributed by atoms with Gasteiger partial charge in [-0.1, -0.05) is 30.3 Å². The molecular formula is C25H20N4O2. The van der Waals surface area contributed by atoms with E-state index in [1.54, 1.807) is 6.20 Å². The van der Waals surface area contributed by atoms with E-state index in [4.69, 9.17) is 19.1 Å². The molecule has 2 aromatic carbocycles. The molecule has 0 spiro atoms. The van der Waals surface area contributed by atoms with Gasteiger partial charge in [-0.15, -0.1) is 0 Å². The van der Waals surface area contributed by atoms with Crippen LogP contribution in [0, 0.1) is 0 Å². The summed E-state index contributed by atoms with van der Waals surface area (Å²) in [6, 6.07) is 22.0. The average molecular weight is 408 g/mol. The van der Waals surface area contributed by atoms with Crippen LogP contribution in [0.3, 0.4) is 0 Å². The minimum atomic E-state index is 0.662. The lowest BCUT2D eigenvalue weighted by molar-refractivity contribution is 0.122. The lowest BCUT2D eigenvalue weighted by Gasteiger charge is -2.28. The summed E-state index contributed by atoms with van der Waals surface area (Å²) in [6.45, 7) is 3.25. The second kappa shape index (κ2) is 7.49. The minimum Gasteiger partial charge on any atom is -0.453 e. The number of morpholine rings is 1. The third-order valence-corrected chi connectivity index (χ3v) is 5.62. The first-order chi connectivity index (χ1) is 15.3. The van der Waals surface area contributed by atoms with Gasteiger partial charge >= 0.3 is 0 Å². The quantitative estimate of drug-likeness (QED) is 0.317. The SMILES string of the molecule is c1ccc(N=c2cc3oc4cc(N5CCOCC5)ccc4nc-3c3ccccc23)nc1. The van der Waals surface area contributed by atoms with Crippen molar-refractivity contribution in [1.29, 1.82) is 0 Å². The van der Waals surface area contributed by atoms with Crippen molar-refractivity contribution in [3.05, 3.63) is 78.3 Å². The van der Waals surface area contributed by atoms with Gasteiger partial charge in [0.15, 0.2) is 17.2 Å². The lowest BCUT2D eigenvalue weighted by Crippen LogP contribution is -2.36. The fraction of sp³-hybridized carbons (Fsp3) is 0.160. The number of fused-ring (bicyclic) bond motifs is 4. The van der Waals surface area contributed by atoms with E-state index in [-0.39, 0.29) is 0 Å². The number of benzene rings is 3. The smallest absolute Gasteiger partial charge is 0.155 e. The van der Waals surface area contributed by atoms with Crippen LogP contribution in [0.4, 0.5) is 11.5 Å². The van der Waals surface area contributed by atoms with Crippen LogP contribution in [0.1, 0.15) is 0 Å². The maximum atomic E-state index is 6.36. The Morgan fingerprint density at radius 2 is 1.71 bits per heavy atom. The molecule has 0 unspecified atom stereocenters. The molecule has 0 bridgehead atoms. The molecule has 0 amide bonds. The Balaban J connectivity index is 1.58. The van der Waals surface area contributed by atoms with Gasteiger partial charge < -0.3 is 14.1 Å². The molecular weight excluding hydrogens is 388 g/mol. The Kier molecular flexibility index (Phi) is 4.35. The highest BCUT2D eigenvalue weighted by Crippen LogP contribution is 2.32. The predicted octanol–water partition coefficient (Wildman–Crippen LogP) is 4.55. The molecule has 1 aliphatic carbocycles. The van der Waals surface area contributed by atoms with Crippen molar-refractivity contribution in [3.63, 3.8) is 0 Å². The fourth-order valence-electron chi connectivity index (χ4n) is 4.08. The van der Waals surface area contributed by atoms with Crippen LogP contribution < -0.4 is 10.3 Å². The van der Waals surface area contributed by atoms with Crippen molar-refractivity contribution >= 4 is 33.4 Å². The van der Waals surface area contributed by atoms with Crippen LogP contribution in [0.25, 0.3) is 33.3 Å². The number of hydrogen-bond acceptors (Lipinski definition) is 6. The van der Waals surface area contributed by atoms with Crippen molar-refractivity contribution in [3.8, 4) is 11.5 Å². The summed E-state index contributed by atoms with van der Waals surface area (Å²) in [5.41, 5.74) is 3.56. The summed E-state index contributed by atoms with van der Waals surface area (Å²) in [5.74, 6) is 1.37. The van der Waals surface area contributed by atoms with E-state index in [1.807, 2.05) is 42.5 Å². The highest BCUT2D eigenvalue weighted by atomic mass is 16.5. The molecule has 0 saturated carbocycles. The first-order valence-electron chi connectivity index (χ1n) is 10.4. The molecule has 1 aromatic heterocycles. The van der Waals surface area contributed by atoms with E-state index >= 15 is 0 Å². The topological polar surface area (TPSA) is 63.8 Å². The van der Waals surface area contributed by atoms with E-state index < -0.39 is 0 Å². The first kappa shape index (κ1) is 18.0. The zero-order chi connectivity index (χ0) is 20.6. The van der Waals surface area contributed by atoms with Crippen molar-refractivity contribution in [1.82, 2.24) is 9.97 Å². The minimum absolute atomic E-state index is 0.662. The standard InChI is InChI=1S/C25H20N4O2/c1-2-6-19-18(5-1)21(27-24-7-3-4-10-26-24)16-23-25(19)28-20-9-8-17(15-22(20)31-23)29-11-13-30-14-12-29/h1-10,15-16H,11-14H2. The van der Waals surface area contributed by atoms with Crippen LogP contribution in [-0.2, 0) is 4.74 Å². The third kappa shape index (κ3) is 3.31. The summed E-state index contributed by atoms with van der Waals surface area (Å²) in [6.07, 6.45) is 1.74. The van der Waals surface area contributed by atoms with Crippen LogP contribution in [-0.4, -0.2) is 36.3 Å². The monoisotopic (exact) mass is 408 g/mol. The van der Waals surface area contributed by atoms with Gasteiger partial charge in [0.2, 0.25) is 0 Å². The largest absolute Gasteiger partial charge is 0.453 e. The summed E-state index contributed by atoms with van der Waals surface area (Å²) >= 11 is 0. The number of nitrogens with zero attached hydrogens (tertiary/aromatic N) is 4. The molecule has 0 N–H and O–H groups in total. The van der Waals surface area contributed by atoms with Gasteiger partial charge in [-0.25, -0.2) is 15.0 Å². The van der Waals surface area contributed by atoms with Gasteiger partial charge in [0.1, 0.15) is 11.2 Å². The van der Waals surface area contributed by atoms with Crippen LogP contribution in [0.5, 0.6) is 0 Å². The summed E-state index contributed by atoms with van der Waals surface area (Å²) < 4.78 is 11.8. The van der Waals surface area contributed by atoms with Gasteiger partial charge in [-0.3, -0.25) is 0 Å². The van der Waals surface area contributed by atoms with Gasteiger partial charge in [-0.2, -0.15) is 0 Å². The number of ether oxygens (including phenoxy) is 1. The molecule has 6 heteroatoms. The molecule has 31 heavy (non-hydrogen) atoms. The first-order valence-corrected chi connectivity index (χ1v) is 10.4. The molecule has 0 radical (unpaired) electrons. The molecule has 0 atom stereocenters. The molecule has 2 aliphatic heterocycles. The summed E-state index contributed by atoms with van der Waals surface area (Å²) in [4.78, 5) is 16.4. The van der Waals surface area contributed by atoms with Crippen LogP contribution in [0.15, 0.2) is 82.3 Å². The molecule has 6 nitrogen and oxygen atoms in total. The molecule has 1 saturated heterocycles. The van der Waals surface area contributed by atoms with Crippen molar-refractivity contribution in [2.24, 2.45) is 4.99 Å². The Bertz CT molecular complexity index is 1420. The number of hydrogen-bond donors (Lipinski definition) is 0. The molecule has 152 valence electrons. The number of pyridine rings is 1. The van der Waals surface area contributed by atoms with E-state index in [1.165, 1.54) is 0 Å². The van der Waals surface area contributed by atoms with E-state index in [9.17, 15) is 0 Å². The van der Waals surface area contributed by atoms with Gasteiger partial charge in [0.25, 0.3) is 0 Å². The average Bonchev–Trinajstić information content (AvgIpc) is 2.84.